The Hall–Kier alpha value is -3.85. The molecule has 40 heavy (non-hydrogen) atoms. The molecule has 3 aromatic carbocycles. The number of benzene rings is 3. The largest absolute Gasteiger partial charge is 0.494 e. The lowest BCUT2D eigenvalue weighted by atomic mass is 10.0. The van der Waals surface area contributed by atoms with E-state index in [0.29, 0.717) is 31.0 Å². The third kappa shape index (κ3) is 9.12. The second-order valence-electron chi connectivity index (χ2n) is 9.55. The Bertz CT molecular complexity index is 1320. The Balaban J connectivity index is 1.99. The van der Waals surface area contributed by atoms with Gasteiger partial charge in [-0.15, -0.1) is 0 Å². The standard InChI is InChI=1S/C31H39N3O5S/c1-4-6-21-32-31(36)29(22-25-13-9-7-10-14-25)33(23-26-15-11-8-12-16-26)30(35)24-34(40(3,37)38)27-17-19-28(20-18-27)39-5-2/h7-20,29H,4-6,21-24H2,1-3H3,(H,32,36). The van der Waals surface area contributed by atoms with E-state index in [-0.39, 0.29) is 12.5 Å². The number of ether oxygens (including phenoxy) is 1. The van der Waals surface area contributed by atoms with Crippen LogP contribution in [0.5, 0.6) is 5.75 Å². The minimum atomic E-state index is -3.82. The fraction of sp³-hybridized carbons (Fsp3) is 0.355. The average Bonchev–Trinajstić information content (AvgIpc) is 2.95. The van der Waals surface area contributed by atoms with Gasteiger partial charge in [0.1, 0.15) is 18.3 Å². The molecule has 3 rings (SSSR count). The highest BCUT2D eigenvalue weighted by atomic mass is 32.2. The molecule has 1 atom stereocenters. The van der Waals surface area contributed by atoms with Crippen molar-refractivity contribution in [1.29, 1.82) is 0 Å². The summed E-state index contributed by atoms with van der Waals surface area (Å²) in [6.45, 7) is 4.58. The van der Waals surface area contributed by atoms with Gasteiger partial charge in [-0.05, 0) is 48.7 Å². The van der Waals surface area contributed by atoms with Crippen LogP contribution in [0, 0.1) is 0 Å². The molecular weight excluding hydrogens is 526 g/mol. The molecule has 9 heteroatoms. The van der Waals surface area contributed by atoms with Crippen LogP contribution in [-0.4, -0.2) is 57.1 Å². The zero-order chi connectivity index (χ0) is 29.0. The van der Waals surface area contributed by atoms with Crippen LogP contribution < -0.4 is 14.4 Å². The summed E-state index contributed by atoms with van der Waals surface area (Å²) in [4.78, 5) is 29.1. The van der Waals surface area contributed by atoms with Crippen molar-refractivity contribution >= 4 is 27.5 Å². The lowest BCUT2D eigenvalue weighted by molar-refractivity contribution is -0.140. The molecule has 0 spiro atoms. The van der Waals surface area contributed by atoms with Crippen LogP contribution in [0.15, 0.2) is 84.9 Å². The third-order valence-electron chi connectivity index (χ3n) is 6.41. The normalized spacial score (nSPS) is 11.9. The van der Waals surface area contributed by atoms with Gasteiger partial charge in [-0.3, -0.25) is 13.9 Å². The zero-order valence-corrected chi connectivity index (χ0v) is 24.3. The third-order valence-corrected chi connectivity index (χ3v) is 7.55. The maximum absolute atomic E-state index is 14.0. The quantitative estimate of drug-likeness (QED) is 0.276. The predicted molar refractivity (Wildman–Crippen MR) is 159 cm³/mol. The minimum Gasteiger partial charge on any atom is -0.494 e. The molecule has 8 nitrogen and oxygen atoms in total. The van der Waals surface area contributed by atoms with Crippen molar-refractivity contribution in [3.05, 3.63) is 96.1 Å². The summed E-state index contributed by atoms with van der Waals surface area (Å²) in [6, 6.07) is 24.6. The van der Waals surface area contributed by atoms with E-state index in [4.69, 9.17) is 4.74 Å². The molecule has 0 fully saturated rings. The number of unbranched alkanes of at least 4 members (excludes halogenated alkanes) is 1. The molecule has 0 aliphatic rings. The van der Waals surface area contributed by atoms with Crippen LogP contribution in [0.25, 0.3) is 0 Å². The monoisotopic (exact) mass is 565 g/mol. The van der Waals surface area contributed by atoms with Crippen molar-refractivity contribution in [2.24, 2.45) is 0 Å². The van der Waals surface area contributed by atoms with E-state index in [9.17, 15) is 18.0 Å². The predicted octanol–water partition coefficient (Wildman–Crippen LogP) is 4.41. The number of nitrogens with zero attached hydrogens (tertiary/aromatic N) is 2. The summed E-state index contributed by atoms with van der Waals surface area (Å²) in [5.41, 5.74) is 2.07. The smallest absolute Gasteiger partial charge is 0.244 e. The van der Waals surface area contributed by atoms with Gasteiger partial charge in [-0.2, -0.15) is 0 Å². The molecule has 3 aromatic rings. The van der Waals surface area contributed by atoms with Crippen molar-refractivity contribution in [2.45, 2.75) is 45.7 Å². The first-order valence-corrected chi connectivity index (χ1v) is 15.4. The van der Waals surface area contributed by atoms with E-state index in [1.165, 1.54) is 4.90 Å². The number of sulfonamides is 1. The van der Waals surface area contributed by atoms with E-state index in [0.717, 1.165) is 34.5 Å². The number of amides is 2. The summed E-state index contributed by atoms with van der Waals surface area (Å²) in [6.07, 6.45) is 3.09. The molecule has 0 aliphatic heterocycles. The Morgan fingerprint density at radius 2 is 1.48 bits per heavy atom. The van der Waals surface area contributed by atoms with Crippen LogP contribution in [0.2, 0.25) is 0 Å². The van der Waals surface area contributed by atoms with Crippen molar-refractivity contribution in [1.82, 2.24) is 10.2 Å². The maximum atomic E-state index is 14.0. The van der Waals surface area contributed by atoms with Gasteiger partial charge >= 0.3 is 0 Å². The van der Waals surface area contributed by atoms with E-state index in [2.05, 4.69) is 5.32 Å². The number of anilines is 1. The van der Waals surface area contributed by atoms with Gasteiger partial charge in [0.2, 0.25) is 21.8 Å². The van der Waals surface area contributed by atoms with E-state index < -0.39 is 28.5 Å². The first-order chi connectivity index (χ1) is 19.2. The van der Waals surface area contributed by atoms with Gasteiger partial charge in [0.05, 0.1) is 18.6 Å². The highest BCUT2D eigenvalue weighted by molar-refractivity contribution is 7.92. The van der Waals surface area contributed by atoms with Gasteiger partial charge in [0.15, 0.2) is 0 Å². The van der Waals surface area contributed by atoms with Gasteiger partial charge in [-0.1, -0.05) is 74.0 Å². The lowest BCUT2D eigenvalue weighted by Gasteiger charge is -2.33. The highest BCUT2D eigenvalue weighted by Crippen LogP contribution is 2.23. The Morgan fingerprint density at radius 3 is 2.02 bits per heavy atom. The van der Waals surface area contributed by atoms with E-state index in [1.807, 2.05) is 74.5 Å². The van der Waals surface area contributed by atoms with Crippen LogP contribution in [0.4, 0.5) is 5.69 Å². The van der Waals surface area contributed by atoms with Crippen molar-refractivity contribution in [3.63, 3.8) is 0 Å². The minimum absolute atomic E-state index is 0.152. The fourth-order valence-corrected chi connectivity index (χ4v) is 5.18. The molecule has 0 radical (unpaired) electrons. The van der Waals surface area contributed by atoms with Crippen molar-refractivity contribution in [2.75, 3.05) is 30.3 Å². The van der Waals surface area contributed by atoms with E-state index in [1.54, 1.807) is 24.3 Å². The summed E-state index contributed by atoms with van der Waals surface area (Å²) >= 11 is 0. The lowest BCUT2D eigenvalue weighted by Crippen LogP contribution is -2.53. The molecule has 0 bridgehead atoms. The number of hydrogen-bond acceptors (Lipinski definition) is 5. The van der Waals surface area contributed by atoms with Crippen LogP contribution in [0.3, 0.4) is 0 Å². The Kier molecular flexibility index (Phi) is 11.6. The Labute approximate surface area is 238 Å². The molecule has 0 saturated carbocycles. The number of carbonyl (C=O) groups excluding carboxylic acids is 2. The fourth-order valence-electron chi connectivity index (χ4n) is 4.33. The summed E-state index contributed by atoms with van der Waals surface area (Å²) in [7, 11) is -3.82. The molecule has 0 heterocycles. The SMILES string of the molecule is CCCCNC(=O)C(Cc1ccccc1)N(Cc1ccccc1)C(=O)CN(c1ccc(OCC)cc1)S(C)(=O)=O. The topological polar surface area (TPSA) is 96.0 Å². The molecule has 0 aliphatic carbocycles. The van der Waals surface area contributed by atoms with Crippen LogP contribution in [-0.2, 0) is 32.6 Å². The first kappa shape index (κ1) is 30.7. The van der Waals surface area contributed by atoms with Gasteiger partial charge in [0.25, 0.3) is 0 Å². The molecule has 214 valence electrons. The van der Waals surface area contributed by atoms with Gasteiger partial charge in [-0.25, -0.2) is 8.42 Å². The molecule has 0 saturated heterocycles. The van der Waals surface area contributed by atoms with Crippen molar-refractivity contribution < 1.29 is 22.7 Å². The number of carbonyl (C=O) groups is 2. The summed E-state index contributed by atoms with van der Waals surface area (Å²) in [5.74, 6) is -0.147. The molecule has 1 N–H and O–H groups in total. The summed E-state index contributed by atoms with van der Waals surface area (Å²) < 4.78 is 32.3. The highest BCUT2D eigenvalue weighted by Gasteiger charge is 2.32. The second-order valence-corrected chi connectivity index (χ2v) is 11.5. The number of hydrogen-bond donors (Lipinski definition) is 1. The molecular formula is C31H39N3O5S. The van der Waals surface area contributed by atoms with Gasteiger partial charge in [0, 0.05) is 19.5 Å². The maximum Gasteiger partial charge on any atom is 0.244 e. The molecule has 0 aromatic heterocycles. The molecule has 1 unspecified atom stereocenters. The number of rotatable bonds is 15. The second kappa shape index (κ2) is 15.1. The van der Waals surface area contributed by atoms with Crippen LogP contribution >= 0.6 is 0 Å². The Morgan fingerprint density at radius 1 is 0.875 bits per heavy atom. The first-order valence-electron chi connectivity index (χ1n) is 13.6. The van der Waals surface area contributed by atoms with Crippen molar-refractivity contribution in [3.8, 4) is 5.75 Å². The van der Waals surface area contributed by atoms with Gasteiger partial charge < -0.3 is 15.0 Å². The van der Waals surface area contributed by atoms with Crippen LogP contribution in [0.1, 0.15) is 37.8 Å². The zero-order valence-electron chi connectivity index (χ0n) is 23.5. The van der Waals surface area contributed by atoms with E-state index >= 15 is 0 Å². The molecule has 2 amide bonds. The average molecular weight is 566 g/mol. The number of nitrogens with one attached hydrogen (secondary N) is 1. The summed E-state index contributed by atoms with van der Waals surface area (Å²) in [5, 5.41) is 2.98.